The molecule has 0 amide bonds. The maximum atomic E-state index is 13.9. The lowest BCUT2D eigenvalue weighted by Gasteiger charge is -2.16. The first-order valence-corrected chi connectivity index (χ1v) is 6.42. The third-order valence-electron chi connectivity index (χ3n) is 3.00. The molecule has 1 aromatic carbocycles. The van der Waals surface area contributed by atoms with Gasteiger partial charge in [-0.3, -0.25) is 0 Å². The van der Waals surface area contributed by atoms with Crippen molar-refractivity contribution < 1.29 is 13.2 Å². The zero-order valence-electron chi connectivity index (χ0n) is 11.0. The number of aryl methyl sites for hydroxylation is 1. The number of halogens is 2. The van der Waals surface area contributed by atoms with Gasteiger partial charge in [-0.25, -0.2) is 8.78 Å². The van der Waals surface area contributed by atoms with Gasteiger partial charge >= 0.3 is 0 Å². The first-order chi connectivity index (χ1) is 9.15. The minimum atomic E-state index is -0.579. The lowest BCUT2D eigenvalue weighted by atomic mass is 10.0. The molecule has 0 aliphatic heterocycles. The summed E-state index contributed by atoms with van der Waals surface area (Å²) in [5, 5.41) is 3.16. The molecule has 0 saturated heterocycles. The van der Waals surface area contributed by atoms with Crippen LogP contribution in [0.4, 0.5) is 8.78 Å². The van der Waals surface area contributed by atoms with Crippen molar-refractivity contribution in [3.63, 3.8) is 0 Å². The average Bonchev–Trinajstić information content (AvgIpc) is 2.85. The Morgan fingerprint density at radius 3 is 2.53 bits per heavy atom. The number of rotatable bonds is 5. The van der Waals surface area contributed by atoms with Gasteiger partial charge in [0.25, 0.3) is 0 Å². The van der Waals surface area contributed by atoms with Crippen LogP contribution in [0.2, 0.25) is 0 Å². The summed E-state index contributed by atoms with van der Waals surface area (Å²) < 4.78 is 32.5. The molecule has 0 radical (unpaired) electrons. The topological polar surface area (TPSA) is 25.2 Å². The minimum Gasteiger partial charge on any atom is -0.464 e. The van der Waals surface area contributed by atoms with Crippen LogP contribution in [0.3, 0.4) is 0 Å². The number of nitrogens with one attached hydrogen (secondary N) is 1. The summed E-state index contributed by atoms with van der Waals surface area (Å²) >= 11 is 0. The maximum absolute atomic E-state index is 13.9. The highest BCUT2D eigenvalue weighted by molar-refractivity contribution is 5.29. The van der Waals surface area contributed by atoms with Gasteiger partial charge in [-0.05, 0) is 24.7 Å². The van der Waals surface area contributed by atoms with Crippen LogP contribution >= 0.6 is 0 Å². The Bertz CT molecular complexity index is 551. The first kappa shape index (κ1) is 13.7. The quantitative estimate of drug-likeness (QED) is 0.889. The fourth-order valence-corrected chi connectivity index (χ4v) is 2.04. The van der Waals surface area contributed by atoms with E-state index < -0.39 is 17.7 Å². The molecule has 19 heavy (non-hydrogen) atoms. The highest BCUT2D eigenvalue weighted by Gasteiger charge is 2.20. The average molecular weight is 265 g/mol. The van der Waals surface area contributed by atoms with Gasteiger partial charge in [-0.15, -0.1) is 0 Å². The molecule has 1 unspecified atom stereocenters. The second-order valence-electron chi connectivity index (χ2n) is 4.31. The summed E-state index contributed by atoms with van der Waals surface area (Å²) in [6, 6.07) is 6.91. The molecule has 1 atom stereocenters. The van der Waals surface area contributed by atoms with E-state index in [0.29, 0.717) is 17.9 Å². The summed E-state index contributed by atoms with van der Waals surface area (Å²) in [6.45, 7) is 4.57. The molecular formula is C15H17F2NO. The number of benzene rings is 1. The van der Waals surface area contributed by atoms with E-state index >= 15 is 0 Å². The van der Waals surface area contributed by atoms with Crippen LogP contribution in [0, 0.1) is 11.6 Å². The molecule has 0 bridgehead atoms. The molecule has 1 N–H and O–H groups in total. The fourth-order valence-electron chi connectivity index (χ4n) is 2.04. The molecule has 2 rings (SSSR count). The van der Waals surface area contributed by atoms with Crippen molar-refractivity contribution >= 4 is 0 Å². The molecule has 102 valence electrons. The van der Waals surface area contributed by atoms with Gasteiger partial charge in [0.1, 0.15) is 23.2 Å². The Balaban J connectivity index is 2.38. The Hall–Kier alpha value is -1.68. The summed E-state index contributed by atoms with van der Waals surface area (Å²) in [5.74, 6) is 0.343. The van der Waals surface area contributed by atoms with Crippen molar-refractivity contribution in [1.82, 2.24) is 5.32 Å². The van der Waals surface area contributed by atoms with E-state index in [1.807, 2.05) is 26.0 Å². The smallest absolute Gasteiger partial charge is 0.131 e. The molecular weight excluding hydrogens is 248 g/mol. The number of hydrogen-bond donors (Lipinski definition) is 1. The molecule has 2 aromatic rings. The Morgan fingerprint density at radius 1 is 1.16 bits per heavy atom. The largest absolute Gasteiger partial charge is 0.464 e. The second kappa shape index (κ2) is 5.97. The SMILES string of the molecule is CCNC(c1ccc(CC)o1)c1ccc(F)cc1F. The number of furan rings is 1. The number of hydrogen-bond acceptors (Lipinski definition) is 2. The molecule has 0 aliphatic rings. The van der Waals surface area contributed by atoms with E-state index in [9.17, 15) is 8.78 Å². The van der Waals surface area contributed by atoms with Gasteiger partial charge < -0.3 is 9.73 Å². The van der Waals surface area contributed by atoms with Gasteiger partial charge in [-0.1, -0.05) is 19.9 Å². The van der Waals surface area contributed by atoms with Gasteiger partial charge in [0.05, 0.1) is 6.04 Å². The van der Waals surface area contributed by atoms with Crippen molar-refractivity contribution in [1.29, 1.82) is 0 Å². The molecule has 0 fully saturated rings. The van der Waals surface area contributed by atoms with Crippen LogP contribution in [-0.4, -0.2) is 6.54 Å². The molecule has 2 nitrogen and oxygen atoms in total. The van der Waals surface area contributed by atoms with Gasteiger partial charge in [0.2, 0.25) is 0 Å². The first-order valence-electron chi connectivity index (χ1n) is 6.42. The van der Waals surface area contributed by atoms with E-state index in [4.69, 9.17) is 4.42 Å². The van der Waals surface area contributed by atoms with Gasteiger partial charge in [-0.2, -0.15) is 0 Å². The van der Waals surface area contributed by atoms with Crippen molar-refractivity contribution in [3.05, 3.63) is 59.1 Å². The highest BCUT2D eigenvalue weighted by Crippen LogP contribution is 2.26. The summed E-state index contributed by atoms with van der Waals surface area (Å²) in [6.07, 6.45) is 0.782. The lowest BCUT2D eigenvalue weighted by Crippen LogP contribution is -2.22. The van der Waals surface area contributed by atoms with Crippen LogP contribution in [-0.2, 0) is 6.42 Å². The fraction of sp³-hybridized carbons (Fsp3) is 0.333. The third-order valence-corrected chi connectivity index (χ3v) is 3.00. The van der Waals surface area contributed by atoms with Crippen molar-refractivity contribution in [2.75, 3.05) is 6.54 Å². The van der Waals surface area contributed by atoms with Crippen molar-refractivity contribution in [3.8, 4) is 0 Å². The van der Waals surface area contributed by atoms with Gasteiger partial charge in [0, 0.05) is 18.1 Å². The maximum Gasteiger partial charge on any atom is 0.131 e. The molecule has 1 heterocycles. The Labute approximate surface area is 111 Å². The minimum absolute atomic E-state index is 0.389. The predicted octanol–water partition coefficient (Wildman–Crippen LogP) is 3.82. The van der Waals surface area contributed by atoms with E-state index in [0.717, 1.165) is 18.2 Å². The molecule has 0 spiro atoms. The normalized spacial score (nSPS) is 12.6. The standard InChI is InChI=1S/C15H17F2NO/c1-3-11-6-8-14(19-11)15(18-4-2)12-7-5-10(16)9-13(12)17/h5-9,15,18H,3-4H2,1-2H3. The van der Waals surface area contributed by atoms with E-state index in [2.05, 4.69) is 5.32 Å². The van der Waals surface area contributed by atoms with Crippen LogP contribution in [0.25, 0.3) is 0 Å². The Kier molecular flexibility index (Phi) is 4.32. The summed E-state index contributed by atoms with van der Waals surface area (Å²) in [5.41, 5.74) is 0.389. The van der Waals surface area contributed by atoms with Crippen LogP contribution in [0.1, 0.15) is 37.0 Å². The van der Waals surface area contributed by atoms with Crippen LogP contribution in [0.5, 0.6) is 0 Å². The third kappa shape index (κ3) is 3.01. The molecule has 0 aliphatic carbocycles. The summed E-state index contributed by atoms with van der Waals surface area (Å²) in [4.78, 5) is 0. The van der Waals surface area contributed by atoms with Crippen molar-refractivity contribution in [2.45, 2.75) is 26.3 Å². The summed E-state index contributed by atoms with van der Waals surface area (Å²) in [7, 11) is 0. The Morgan fingerprint density at radius 2 is 1.95 bits per heavy atom. The van der Waals surface area contributed by atoms with Crippen LogP contribution in [0.15, 0.2) is 34.7 Å². The van der Waals surface area contributed by atoms with Crippen LogP contribution < -0.4 is 5.32 Å². The monoisotopic (exact) mass is 265 g/mol. The molecule has 1 aromatic heterocycles. The highest BCUT2D eigenvalue weighted by atomic mass is 19.1. The zero-order valence-corrected chi connectivity index (χ0v) is 11.0. The van der Waals surface area contributed by atoms with E-state index in [1.54, 1.807) is 0 Å². The lowest BCUT2D eigenvalue weighted by molar-refractivity contribution is 0.417. The van der Waals surface area contributed by atoms with E-state index in [1.165, 1.54) is 12.1 Å². The zero-order chi connectivity index (χ0) is 13.8. The molecule has 0 saturated carbocycles. The van der Waals surface area contributed by atoms with E-state index in [-0.39, 0.29) is 0 Å². The van der Waals surface area contributed by atoms with Gasteiger partial charge in [0.15, 0.2) is 0 Å². The predicted molar refractivity (Wildman–Crippen MR) is 70.0 cm³/mol. The molecule has 4 heteroatoms. The van der Waals surface area contributed by atoms with Crippen molar-refractivity contribution in [2.24, 2.45) is 0 Å². The second-order valence-corrected chi connectivity index (χ2v) is 4.31.